The van der Waals surface area contributed by atoms with Gasteiger partial charge in [0.2, 0.25) is 0 Å². The zero-order chi connectivity index (χ0) is 13.1. The fourth-order valence-electron chi connectivity index (χ4n) is 0.903. The van der Waals surface area contributed by atoms with E-state index in [-0.39, 0.29) is 13.2 Å². The van der Waals surface area contributed by atoms with Gasteiger partial charge in [-0.15, -0.1) is 0 Å². The first kappa shape index (κ1) is 15.6. The molecule has 0 saturated carbocycles. The summed E-state index contributed by atoms with van der Waals surface area (Å²) in [6, 6.07) is 0. The van der Waals surface area contributed by atoms with Crippen LogP contribution < -0.4 is 0 Å². The van der Waals surface area contributed by atoms with Crippen molar-refractivity contribution in [3.63, 3.8) is 0 Å². The molecule has 0 fully saturated rings. The normalized spacial score (nSPS) is 11.6. The van der Waals surface area contributed by atoms with Crippen LogP contribution in [0.4, 0.5) is 0 Å². The van der Waals surface area contributed by atoms with Crippen molar-refractivity contribution in [2.24, 2.45) is 0 Å². The Labute approximate surface area is 100 Å². The van der Waals surface area contributed by atoms with Crippen molar-refractivity contribution in [1.29, 1.82) is 0 Å². The SMILES string of the molecule is C=CC(=O)OCCOCCOC(C)OC(C)=O. The number of ether oxygens (including phenoxy) is 4. The predicted octanol–water partition coefficient (Wildman–Crippen LogP) is 0.658. The van der Waals surface area contributed by atoms with Gasteiger partial charge in [-0.05, 0) is 6.92 Å². The fourth-order valence-corrected chi connectivity index (χ4v) is 0.903. The van der Waals surface area contributed by atoms with Gasteiger partial charge in [-0.1, -0.05) is 6.58 Å². The highest BCUT2D eigenvalue weighted by Crippen LogP contribution is 1.93. The molecule has 0 aromatic heterocycles. The average Bonchev–Trinajstić information content (AvgIpc) is 2.26. The van der Waals surface area contributed by atoms with E-state index in [0.717, 1.165) is 6.08 Å². The molecule has 0 aliphatic heterocycles. The van der Waals surface area contributed by atoms with Crippen LogP contribution in [0.5, 0.6) is 0 Å². The Morgan fingerprint density at radius 1 is 1.24 bits per heavy atom. The molecule has 0 amide bonds. The topological polar surface area (TPSA) is 71.1 Å². The molecule has 0 aromatic carbocycles. The van der Waals surface area contributed by atoms with E-state index in [2.05, 4.69) is 11.3 Å². The van der Waals surface area contributed by atoms with Crippen LogP contribution in [0.3, 0.4) is 0 Å². The Hall–Kier alpha value is -1.40. The number of rotatable bonds is 9. The summed E-state index contributed by atoms with van der Waals surface area (Å²) in [5.41, 5.74) is 0. The highest BCUT2D eigenvalue weighted by Gasteiger charge is 2.04. The molecule has 0 radical (unpaired) electrons. The van der Waals surface area contributed by atoms with Crippen LogP contribution in [0, 0.1) is 0 Å². The minimum absolute atomic E-state index is 0.171. The van der Waals surface area contributed by atoms with Crippen LogP contribution in [0.2, 0.25) is 0 Å². The molecule has 0 spiro atoms. The van der Waals surface area contributed by atoms with E-state index in [4.69, 9.17) is 14.2 Å². The van der Waals surface area contributed by atoms with Crippen LogP contribution in [0.15, 0.2) is 12.7 Å². The van der Waals surface area contributed by atoms with Crippen LogP contribution in [0.25, 0.3) is 0 Å². The van der Waals surface area contributed by atoms with Gasteiger partial charge in [0, 0.05) is 13.0 Å². The molecule has 0 N–H and O–H groups in total. The van der Waals surface area contributed by atoms with Gasteiger partial charge in [-0.3, -0.25) is 4.79 Å². The Balaban J connectivity index is 3.26. The molecule has 17 heavy (non-hydrogen) atoms. The molecule has 0 aliphatic rings. The van der Waals surface area contributed by atoms with Gasteiger partial charge in [0.05, 0.1) is 19.8 Å². The molecule has 1 atom stereocenters. The van der Waals surface area contributed by atoms with Gasteiger partial charge >= 0.3 is 11.9 Å². The third-order valence-electron chi connectivity index (χ3n) is 1.55. The lowest BCUT2D eigenvalue weighted by Crippen LogP contribution is -2.19. The van der Waals surface area contributed by atoms with Gasteiger partial charge in [0.1, 0.15) is 6.61 Å². The summed E-state index contributed by atoms with van der Waals surface area (Å²) < 4.78 is 19.6. The molecular weight excluding hydrogens is 228 g/mol. The quantitative estimate of drug-likeness (QED) is 0.257. The highest BCUT2D eigenvalue weighted by molar-refractivity contribution is 5.81. The fraction of sp³-hybridized carbons (Fsp3) is 0.636. The molecule has 0 saturated heterocycles. The summed E-state index contributed by atoms with van der Waals surface area (Å²) in [7, 11) is 0. The third kappa shape index (κ3) is 10.9. The Morgan fingerprint density at radius 2 is 1.88 bits per heavy atom. The molecular formula is C11H18O6. The first-order valence-electron chi connectivity index (χ1n) is 5.22. The largest absolute Gasteiger partial charge is 0.460 e. The molecule has 6 heteroatoms. The lowest BCUT2D eigenvalue weighted by atomic mass is 10.6. The number of hydrogen-bond donors (Lipinski definition) is 0. The maximum Gasteiger partial charge on any atom is 0.330 e. The van der Waals surface area contributed by atoms with Crippen LogP contribution >= 0.6 is 0 Å². The second-order valence-electron chi connectivity index (χ2n) is 3.03. The minimum atomic E-state index is -0.588. The first-order chi connectivity index (χ1) is 8.06. The summed E-state index contributed by atoms with van der Waals surface area (Å²) in [5.74, 6) is -0.872. The lowest BCUT2D eigenvalue weighted by Gasteiger charge is -2.12. The molecule has 0 heterocycles. The molecule has 0 bridgehead atoms. The third-order valence-corrected chi connectivity index (χ3v) is 1.55. The van der Waals surface area contributed by atoms with Crippen LogP contribution in [0.1, 0.15) is 13.8 Å². The highest BCUT2D eigenvalue weighted by atomic mass is 16.7. The molecule has 0 aromatic rings. The van der Waals surface area contributed by atoms with Gasteiger partial charge in [0.15, 0.2) is 6.29 Å². The molecule has 98 valence electrons. The zero-order valence-electron chi connectivity index (χ0n) is 10.1. The van der Waals surface area contributed by atoms with Crippen molar-refractivity contribution in [3.8, 4) is 0 Å². The van der Waals surface area contributed by atoms with Crippen LogP contribution in [-0.2, 0) is 28.5 Å². The van der Waals surface area contributed by atoms with Crippen molar-refractivity contribution in [3.05, 3.63) is 12.7 Å². The van der Waals surface area contributed by atoms with E-state index in [1.165, 1.54) is 6.92 Å². The molecule has 1 unspecified atom stereocenters. The zero-order valence-corrected chi connectivity index (χ0v) is 10.1. The summed E-state index contributed by atoms with van der Waals surface area (Å²) in [5, 5.41) is 0. The van der Waals surface area contributed by atoms with E-state index in [0.29, 0.717) is 13.2 Å². The average molecular weight is 246 g/mol. The summed E-state index contributed by atoms with van der Waals surface area (Å²) in [6.07, 6.45) is 0.499. The van der Waals surface area contributed by atoms with Gasteiger partial charge in [0.25, 0.3) is 0 Å². The maximum atomic E-state index is 10.6. The summed E-state index contributed by atoms with van der Waals surface area (Å²) in [6.45, 7) is 7.26. The van der Waals surface area contributed by atoms with Crippen molar-refractivity contribution in [2.45, 2.75) is 20.1 Å². The summed E-state index contributed by atoms with van der Waals surface area (Å²) >= 11 is 0. The Bertz CT molecular complexity index is 250. The van der Waals surface area contributed by atoms with Gasteiger partial charge in [-0.25, -0.2) is 4.79 Å². The van der Waals surface area contributed by atoms with E-state index in [9.17, 15) is 9.59 Å². The molecule has 0 aliphatic carbocycles. The van der Waals surface area contributed by atoms with E-state index < -0.39 is 18.2 Å². The monoisotopic (exact) mass is 246 g/mol. The lowest BCUT2D eigenvalue weighted by molar-refractivity contribution is -0.174. The smallest absolute Gasteiger partial charge is 0.330 e. The summed E-state index contributed by atoms with van der Waals surface area (Å²) in [4.78, 5) is 21.2. The van der Waals surface area contributed by atoms with E-state index in [1.54, 1.807) is 6.92 Å². The number of carbonyl (C=O) groups excluding carboxylic acids is 2. The second-order valence-corrected chi connectivity index (χ2v) is 3.03. The van der Waals surface area contributed by atoms with Crippen molar-refractivity contribution in [2.75, 3.05) is 26.4 Å². The molecule has 6 nitrogen and oxygen atoms in total. The van der Waals surface area contributed by atoms with Gasteiger partial charge in [-0.2, -0.15) is 0 Å². The first-order valence-corrected chi connectivity index (χ1v) is 5.22. The minimum Gasteiger partial charge on any atom is -0.460 e. The number of hydrogen-bond acceptors (Lipinski definition) is 6. The maximum absolute atomic E-state index is 10.6. The molecule has 0 rings (SSSR count). The predicted molar refractivity (Wildman–Crippen MR) is 59.2 cm³/mol. The van der Waals surface area contributed by atoms with Crippen molar-refractivity contribution in [1.82, 2.24) is 0 Å². The second kappa shape index (κ2) is 9.80. The van der Waals surface area contributed by atoms with Crippen molar-refractivity contribution < 1.29 is 28.5 Å². The standard InChI is InChI=1S/C11H18O6/c1-4-11(13)16-8-6-14-5-7-15-10(3)17-9(2)12/h4,10H,1,5-8H2,2-3H3. The number of carbonyl (C=O) groups is 2. The van der Waals surface area contributed by atoms with E-state index in [1.807, 2.05) is 0 Å². The Kier molecular flexibility index (Phi) is 8.99. The Morgan fingerprint density at radius 3 is 2.47 bits per heavy atom. The number of esters is 2. The van der Waals surface area contributed by atoms with Crippen LogP contribution in [-0.4, -0.2) is 44.7 Å². The van der Waals surface area contributed by atoms with Crippen molar-refractivity contribution >= 4 is 11.9 Å². The van der Waals surface area contributed by atoms with E-state index >= 15 is 0 Å². The van der Waals surface area contributed by atoms with Gasteiger partial charge < -0.3 is 18.9 Å².